The molecule has 0 radical (unpaired) electrons. The molecular weight excluding hydrogens is 320 g/mol. The van der Waals surface area contributed by atoms with Crippen LogP contribution in [0, 0.1) is 46.3 Å². The lowest BCUT2D eigenvalue weighted by Gasteiger charge is -2.60. The van der Waals surface area contributed by atoms with E-state index in [1.807, 2.05) is 0 Å². The Labute approximate surface area is 161 Å². The van der Waals surface area contributed by atoms with E-state index in [0.29, 0.717) is 35.0 Å². The summed E-state index contributed by atoms with van der Waals surface area (Å²) < 4.78 is 8.13. The summed E-state index contributed by atoms with van der Waals surface area (Å²) in [5.74, 6) is 3.77. The predicted octanol–water partition coefficient (Wildman–Crippen LogP) is 6.31. The smallest absolute Gasteiger partial charge is 0.303 e. The number of carbonyl (C=O) groups is 1. The Balaban J connectivity index is 1.53. The lowest BCUT2D eigenvalue weighted by Crippen LogP contribution is -2.52. The second kappa shape index (κ2) is 6.67. The fourth-order valence-electron chi connectivity index (χ4n) is 8.22. The molecule has 0 saturated heterocycles. The topological polar surface area (TPSA) is 37.3 Å². The van der Waals surface area contributed by atoms with E-state index >= 15 is 0 Å². The molecule has 0 aromatic heterocycles. The molecular formula is C24H38O2. The molecule has 2 heteroatoms. The molecule has 0 aliphatic heterocycles. The fraction of sp³-hybridized carbons (Fsp3) is 0.875. The van der Waals surface area contributed by atoms with Crippen LogP contribution in [0.4, 0.5) is 0 Å². The molecule has 3 saturated carbocycles. The highest BCUT2D eigenvalue weighted by atomic mass is 16.4. The maximum atomic E-state index is 11.0. The van der Waals surface area contributed by atoms with Crippen LogP contribution in [0.2, 0.25) is 0 Å². The van der Waals surface area contributed by atoms with Crippen molar-refractivity contribution in [3.8, 4) is 0 Å². The molecule has 0 spiro atoms. The van der Waals surface area contributed by atoms with Gasteiger partial charge in [-0.15, -0.1) is 0 Å². The third-order valence-corrected chi connectivity index (χ3v) is 9.64. The Morgan fingerprint density at radius 2 is 1.92 bits per heavy atom. The number of rotatable bonds is 4. The van der Waals surface area contributed by atoms with Gasteiger partial charge in [0, 0.05) is 6.42 Å². The third-order valence-electron chi connectivity index (χ3n) is 9.64. The van der Waals surface area contributed by atoms with Gasteiger partial charge >= 0.3 is 5.97 Å². The van der Waals surface area contributed by atoms with Crippen molar-refractivity contribution in [3.05, 3.63) is 12.1 Å². The van der Waals surface area contributed by atoms with E-state index < -0.39 is 5.97 Å². The van der Waals surface area contributed by atoms with E-state index in [-0.39, 0.29) is 0 Å². The summed E-state index contributed by atoms with van der Waals surface area (Å²) in [6, 6.07) is 0.879. The van der Waals surface area contributed by atoms with E-state index in [2.05, 4.69) is 26.8 Å². The Hall–Kier alpha value is -0.790. The largest absolute Gasteiger partial charge is 0.481 e. The molecule has 0 aromatic rings. The molecule has 146 valence electrons. The summed E-state index contributed by atoms with van der Waals surface area (Å²) in [6.07, 6.45) is 13.7. The first-order valence-corrected chi connectivity index (χ1v) is 11.1. The first-order chi connectivity index (χ1) is 12.8. The number of aliphatic carboxylic acids is 1. The molecule has 1 unspecified atom stereocenters. The van der Waals surface area contributed by atoms with Gasteiger partial charge in [0.15, 0.2) is 0 Å². The third kappa shape index (κ3) is 2.78. The number of allylic oxidation sites excluding steroid dienone is 2. The van der Waals surface area contributed by atoms with Gasteiger partial charge in [0.25, 0.3) is 0 Å². The monoisotopic (exact) mass is 359 g/mol. The molecule has 3 fully saturated rings. The highest BCUT2D eigenvalue weighted by Gasteiger charge is 2.59. The van der Waals surface area contributed by atoms with Gasteiger partial charge in [-0.1, -0.05) is 32.9 Å². The minimum absolute atomic E-state index is 0.325. The van der Waals surface area contributed by atoms with Gasteiger partial charge < -0.3 is 5.11 Å². The normalized spacial score (nSPS) is 49.3. The fourth-order valence-corrected chi connectivity index (χ4v) is 8.22. The van der Waals surface area contributed by atoms with E-state index in [4.69, 9.17) is 6.48 Å². The SMILES string of the molecule is [2H]C1=CC2CC[C@H]3[C@@H]4CC[C@H]([C@H](C)CCC(=O)O)[C@@]4(C)CC[C@@H]3[C@@]2(C)CC1. The minimum Gasteiger partial charge on any atom is -0.481 e. The van der Waals surface area contributed by atoms with Crippen LogP contribution < -0.4 is 0 Å². The van der Waals surface area contributed by atoms with E-state index in [9.17, 15) is 4.79 Å². The van der Waals surface area contributed by atoms with E-state index in [0.717, 1.165) is 36.6 Å². The molecule has 8 atom stereocenters. The van der Waals surface area contributed by atoms with Crippen LogP contribution in [0.25, 0.3) is 0 Å². The molecule has 4 aliphatic carbocycles. The molecule has 2 nitrogen and oxygen atoms in total. The maximum Gasteiger partial charge on any atom is 0.303 e. The molecule has 0 aromatic carbocycles. The lowest BCUT2D eigenvalue weighted by atomic mass is 9.45. The number of carboxylic acids is 1. The highest BCUT2D eigenvalue weighted by Crippen LogP contribution is 2.67. The molecule has 4 rings (SSSR count). The van der Waals surface area contributed by atoms with Crippen LogP contribution in [-0.2, 0) is 4.79 Å². The van der Waals surface area contributed by atoms with Crippen molar-refractivity contribution in [2.45, 2.75) is 85.0 Å². The van der Waals surface area contributed by atoms with Crippen LogP contribution in [0.15, 0.2) is 12.1 Å². The summed E-state index contributed by atoms with van der Waals surface area (Å²) in [5.41, 5.74) is 0.842. The lowest BCUT2D eigenvalue weighted by molar-refractivity contribution is -0.137. The number of hydrogen-bond acceptors (Lipinski definition) is 1. The highest BCUT2D eigenvalue weighted by molar-refractivity contribution is 5.66. The van der Waals surface area contributed by atoms with Gasteiger partial charge in [0.1, 0.15) is 0 Å². The second-order valence-electron chi connectivity index (χ2n) is 10.6. The summed E-state index contributed by atoms with van der Waals surface area (Å²) in [6.45, 7) is 7.41. The van der Waals surface area contributed by atoms with Crippen molar-refractivity contribution in [2.24, 2.45) is 46.3 Å². The van der Waals surface area contributed by atoms with Crippen molar-refractivity contribution in [2.75, 3.05) is 0 Å². The standard InChI is InChI=1S/C24H38O2/c1-16(7-12-22(25)26)19-10-11-20-18-9-8-17-6-4-5-14-23(17,2)21(18)13-15-24(19,20)3/h4,6,16-21H,5,7-15H2,1-3H3,(H,25,26)/t16-,17?,18+,19-,20+,21+,23+,24-/m1/s1/i4D. The van der Waals surface area contributed by atoms with E-state index in [1.165, 1.54) is 44.9 Å². The number of fused-ring (bicyclic) bond motifs is 5. The molecule has 26 heavy (non-hydrogen) atoms. The first kappa shape index (κ1) is 17.3. The maximum absolute atomic E-state index is 11.0. The van der Waals surface area contributed by atoms with Crippen LogP contribution in [0.1, 0.15) is 86.4 Å². The van der Waals surface area contributed by atoms with Gasteiger partial charge in [-0.3, -0.25) is 4.79 Å². The summed E-state index contributed by atoms with van der Waals surface area (Å²) in [5, 5.41) is 9.10. The first-order valence-electron chi connectivity index (χ1n) is 11.6. The van der Waals surface area contributed by atoms with Crippen LogP contribution in [-0.4, -0.2) is 11.1 Å². The van der Waals surface area contributed by atoms with Gasteiger partial charge in [-0.05, 0) is 104 Å². The molecule has 0 amide bonds. The van der Waals surface area contributed by atoms with Crippen molar-refractivity contribution in [3.63, 3.8) is 0 Å². The Morgan fingerprint density at radius 1 is 1.15 bits per heavy atom. The number of carboxylic acid groups (broad SMARTS) is 1. The van der Waals surface area contributed by atoms with Gasteiger partial charge in [-0.2, -0.15) is 0 Å². The quantitative estimate of drug-likeness (QED) is 0.597. The Morgan fingerprint density at radius 3 is 2.69 bits per heavy atom. The number of hydrogen-bond donors (Lipinski definition) is 1. The second-order valence-corrected chi connectivity index (χ2v) is 10.6. The van der Waals surface area contributed by atoms with Crippen LogP contribution >= 0.6 is 0 Å². The average Bonchev–Trinajstić information content (AvgIpc) is 2.97. The zero-order valence-corrected chi connectivity index (χ0v) is 17.0. The molecule has 0 heterocycles. The summed E-state index contributed by atoms with van der Waals surface area (Å²) in [4.78, 5) is 11.0. The Bertz CT molecular complexity index is 628. The average molecular weight is 360 g/mol. The minimum atomic E-state index is -0.643. The summed E-state index contributed by atoms with van der Waals surface area (Å²) in [7, 11) is 0. The zero-order valence-electron chi connectivity index (χ0n) is 18.0. The van der Waals surface area contributed by atoms with Gasteiger partial charge in [0.05, 0.1) is 1.37 Å². The van der Waals surface area contributed by atoms with Crippen LogP contribution in [0.5, 0.6) is 0 Å². The van der Waals surface area contributed by atoms with Crippen molar-refractivity contribution in [1.82, 2.24) is 0 Å². The van der Waals surface area contributed by atoms with Crippen molar-refractivity contribution < 1.29 is 11.3 Å². The zero-order chi connectivity index (χ0) is 19.4. The van der Waals surface area contributed by atoms with Crippen molar-refractivity contribution in [1.29, 1.82) is 0 Å². The van der Waals surface area contributed by atoms with E-state index in [1.54, 1.807) is 0 Å². The van der Waals surface area contributed by atoms with Crippen molar-refractivity contribution >= 4 is 5.97 Å². The molecule has 1 N–H and O–H groups in total. The van der Waals surface area contributed by atoms with Gasteiger partial charge in [0.2, 0.25) is 0 Å². The predicted molar refractivity (Wildman–Crippen MR) is 106 cm³/mol. The Kier molecular flexibility index (Phi) is 4.44. The van der Waals surface area contributed by atoms with Crippen LogP contribution in [0.3, 0.4) is 0 Å². The van der Waals surface area contributed by atoms with Gasteiger partial charge in [-0.25, -0.2) is 0 Å². The molecule has 0 bridgehead atoms. The molecule has 4 aliphatic rings. The summed E-state index contributed by atoms with van der Waals surface area (Å²) >= 11 is 0.